The first-order valence-electron chi connectivity index (χ1n) is 4.77. The van der Waals surface area contributed by atoms with E-state index >= 15 is 0 Å². The minimum Gasteiger partial charge on any atom is -0.425 e. The molecule has 2 aromatic heterocycles. The zero-order valence-electron chi connectivity index (χ0n) is 9.10. The Balaban J connectivity index is 2.06. The summed E-state index contributed by atoms with van der Waals surface area (Å²) in [6, 6.07) is 0.820. The van der Waals surface area contributed by atoms with Crippen LogP contribution in [0.5, 0.6) is 0 Å². The summed E-state index contributed by atoms with van der Waals surface area (Å²) in [6.07, 6.45) is -3.41. The van der Waals surface area contributed by atoms with Gasteiger partial charge in [0.05, 0.1) is 5.75 Å². The van der Waals surface area contributed by atoms with E-state index in [2.05, 4.69) is 20.2 Å². The molecule has 0 unspecified atom stereocenters. The molecule has 9 heteroatoms. The Kier molecular flexibility index (Phi) is 3.50. The summed E-state index contributed by atoms with van der Waals surface area (Å²) in [5, 5.41) is 7.34. The monoisotopic (exact) mass is 276 g/mol. The third kappa shape index (κ3) is 3.19. The summed E-state index contributed by atoms with van der Waals surface area (Å²) >= 11 is 0.999. The van der Waals surface area contributed by atoms with Gasteiger partial charge in [0, 0.05) is 13.1 Å². The Morgan fingerprint density at radius 1 is 1.33 bits per heavy atom. The Morgan fingerprint density at radius 2 is 2.11 bits per heavy atom. The van der Waals surface area contributed by atoms with Crippen molar-refractivity contribution in [3.8, 4) is 0 Å². The van der Waals surface area contributed by atoms with Gasteiger partial charge in [-0.2, -0.15) is 13.2 Å². The first-order chi connectivity index (χ1) is 8.45. The van der Waals surface area contributed by atoms with Crippen molar-refractivity contribution >= 4 is 11.8 Å². The molecular weight excluding hydrogens is 269 g/mol. The van der Waals surface area contributed by atoms with Gasteiger partial charge in [0.25, 0.3) is 0 Å². The maximum Gasteiger partial charge on any atom is 0.433 e. The standard InChI is InChI=1S/C9H7F3N4OS/c1-5-15-16-7(17-5)4-18-8-13-3-2-6(14-8)9(10,11)12/h2-3H,4H2,1H3. The Morgan fingerprint density at radius 3 is 2.72 bits per heavy atom. The average molecular weight is 276 g/mol. The molecule has 2 rings (SSSR count). The fourth-order valence-electron chi connectivity index (χ4n) is 1.09. The van der Waals surface area contributed by atoms with Crippen molar-refractivity contribution in [1.82, 2.24) is 20.2 Å². The zero-order valence-corrected chi connectivity index (χ0v) is 9.92. The van der Waals surface area contributed by atoms with Gasteiger partial charge in [-0.25, -0.2) is 9.97 Å². The lowest BCUT2D eigenvalue weighted by molar-refractivity contribution is -0.141. The number of halogens is 3. The fourth-order valence-corrected chi connectivity index (χ4v) is 1.76. The van der Waals surface area contributed by atoms with Crippen LogP contribution >= 0.6 is 11.8 Å². The predicted octanol–water partition coefficient (Wildman–Crippen LogP) is 2.48. The lowest BCUT2D eigenvalue weighted by Crippen LogP contribution is -2.08. The summed E-state index contributed by atoms with van der Waals surface area (Å²) in [5.74, 6) is 0.941. The van der Waals surface area contributed by atoms with Gasteiger partial charge in [0.2, 0.25) is 11.8 Å². The Bertz CT molecular complexity index is 543. The van der Waals surface area contributed by atoms with Crippen LogP contribution in [0.2, 0.25) is 0 Å². The predicted molar refractivity (Wildman–Crippen MR) is 55.6 cm³/mol. The van der Waals surface area contributed by atoms with Crippen LogP contribution in [-0.2, 0) is 11.9 Å². The molecule has 5 nitrogen and oxygen atoms in total. The van der Waals surface area contributed by atoms with E-state index in [1.165, 1.54) is 0 Å². The molecule has 96 valence electrons. The highest BCUT2D eigenvalue weighted by Gasteiger charge is 2.32. The molecule has 0 atom stereocenters. The number of nitrogens with zero attached hydrogens (tertiary/aromatic N) is 4. The minimum absolute atomic E-state index is 0.0145. The SMILES string of the molecule is Cc1nnc(CSc2nccc(C(F)(F)F)n2)o1. The molecule has 2 heterocycles. The molecule has 0 spiro atoms. The quantitative estimate of drug-likeness (QED) is 0.634. The average Bonchev–Trinajstić information content (AvgIpc) is 2.72. The molecule has 0 N–H and O–H groups in total. The summed E-state index contributed by atoms with van der Waals surface area (Å²) < 4.78 is 42.3. The molecule has 0 fully saturated rings. The first-order valence-corrected chi connectivity index (χ1v) is 5.76. The van der Waals surface area contributed by atoms with Gasteiger partial charge in [0.1, 0.15) is 5.69 Å². The minimum atomic E-state index is -4.47. The highest BCUT2D eigenvalue weighted by molar-refractivity contribution is 7.98. The van der Waals surface area contributed by atoms with Gasteiger partial charge < -0.3 is 4.42 Å². The molecule has 0 saturated heterocycles. The van der Waals surface area contributed by atoms with Gasteiger partial charge in [-0.15, -0.1) is 10.2 Å². The largest absolute Gasteiger partial charge is 0.433 e. The van der Waals surface area contributed by atoms with Crippen LogP contribution < -0.4 is 0 Å². The molecule has 2 aromatic rings. The number of thioether (sulfide) groups is 1. The molecule has 0 radical (unpaired) electrons. The molecule has 0 amide bonds. The van der Waals surface area contributed by atoms with Gasteiger partial charge >= 0.3 is 6.18 Å². The van der Waals surface area contributed by atoms with Gasteiger partial charge in [-0.1, -0.05) is 11.8 Å². The van der Waals surface area contributed by atoms with E-state index in [-0.39, 0.29) is 10.9 Å². The summed E-state index contributed by atoms with van der Waals surface area (Å²) in [6.45, 7) is 1.63. The van der Waals surface area contributed by atoms with Gasteiger partial charge in [-0.3, -0.25) is 0 Å². The molecule has 0 saturated carbocycles. The van der Waals surface area contributed by atoms with Gasteiger partial charge in [0.15, 0.2) is 5.16 Å². The van der Waals surface area contributed by atoms with Crippen molar-refractivity contribution in [2.24, 2.45) is 0 Å². The molecule has 0 aliphatic heterocycles. The summed E-state index contributed by atoms with van der Waals surface area (Å²) in [5.41, 5.74) is -0.971. The number of aryl methyl sites for hydroxylation is 1. The first kappa shape index (κ1) is 12.8. The van der Waals surface area contributed by atoms with Crippen molar-refractivity contribution in [3.63, 3.8) is 0 Å². The van der Waals surface area contributed by atoms with E-state index in [1.54, 1.807) is 6.92 Å². The third-order valence-corrected chi connectivity index (χ3v) is 2.66. The topological polar surface area (TPSA) is 64.7 Å². The normalized spacial score (nSPS) is 11.8. The van der Waals surface area contributed by atoms with Crippen molar-refractivity contribution in [2.75, 3.05) is 0 Å². The van der Waals surface area contributed by atoms with E-state index in [0.717, 1.165) is 24.0 Å². The Labute approximate surface area is 104 Å². The van der Waals surface area contributed by atoms with Crippen molar-refractivity contribution in [1.29, 1.82) is 0 Å². The lowest BCUT2D eigenvalue weighted by atomic mass is 10.4. The highest BCUT2D eigenvalue weighted by Crippen LogP contribution is 2.28. The number of aromatic nitrogens is 4. The second-order valence-electron chi connectivity index (χ2n) is 3.23. The van der Waals surface area contributed by atoms with E-state index < -0.39 is 11.9 Å². The molecule has 18 heavy (non-hydrogen) atoms. The molecule has 0 aliphatic rings. The van der Waals surface area contributed by atoms with Crippen LogP contribution in [0.4, 0.5) is 13.2 Å². The highest BCUT2D eigenvalue weighted by atomic mass is 32.2. The summed E-state index contributed by atoms with van der Waals surface area (Å²) in [7, 11) is 0. The van der Waals surface area contributed by atoms with Crippen LogP contribution in [0.1, 0.15) is 17.5 Å². The van der Waals surface area contributed by atoms with Crippen LogP contribution in [0, 0.1) is 6.92 Å². The van der Waals surface area contributed by atoms with Crippen LogP contribution in [-0.4, -0.2) is 20.2 Å². The second-order valence-corrected chi connectivity index (χ2v) is 4.17. The number of hydrogen-bond donors (Lipinski definition) is 0. The van der Waals surface area contributed by atoms with Crippen molar-refractivity contribution in [3.05, 3.63) is 29.7 Å². The fraction of sp³-hybridized carbons (Fsp3) is 0.333. The van der Waals surface area contributed by atoms with Crippen LogP contribution in [0.25, 0.3) is 0 Å². The molecule has 0 aliphatic carbocycles. The summed E-state index contributed by atoms with van der Waals surface area (Å²) in [4.78, 5) is 7.14. The molecular formula is C9H7F3N4OS. The van der Waals surface area contributed by atoms with Crippen LogP contribution in [0.3, 0.4) is 0 Å². The van der Waals surface area contributed by atoms with E-state index in [1.807, 2.05) is 0 Å². The number of rotatable bonds is 3. The van der Waals surface area contributed by atoms with Crippen molar-refractivity contribution < 1.29 is 17.6 Å². The van der Waals surface area contributed by atoms with Crippen molar-refractivity contribution in [2.45, 2.75) is 24.0 Å². The maximum absolute atomic E-state index is 12.4. The lowest BCUT2D eigenvalue weighted by Gasteiger charge is -2.05. The van der Waals surface area contributed by atoms with E-state index in [0.29, 0.717) is 11.8 Å². The second kappa shape index (κ2) is 4.92. The van der Waals surface area contributed by atoms with Gasteiger partial charge in [-0.05, 0) is 6.07 Å². The smallest absolute Gasteiger partial charge is 0.425 e. The number of alkyl halides is 3. The number of hydrogen-bond acceptors (Lipinski definition) is 6. The van der Waals surface area contributed by atoms with Crippen LogP contribution in [0.15, 0.2) is 21.8 Å². The third-order valence-electron chi connectivity index (χ3n) is 1.82. The Hall–Kier alpha value is -1.64. The van der Waals surface area contributed by atoms with E-state index in [9.17, 15) is 13.2 Å². The zero-order chi connectivity index (χ0) is 13.2. The molecule has 0 bridgehead atoms. The molecule has 0 aromatic carbocycles. The maximum atomic E-state index is 12.4. The van der Waals surface area contributed by atoms with E-state index in [4.69, 9.17) is 4.42 Å².